The fourth-order valence-corrected chi connectivity index (χ4v) is 20.9. The van der Waals surface area contributed by atoms with Crippen molar-refractivity contribution >= 4 is 46.3 Å². The van der Waals surface area contributed by atoms with Crippen molar-refractivity contribution in [2.45, 2.75) is 68.6 Å². The molecule has 0 bridgehead atoms. The summed E-state index contributed by atoms with van der Waals surface area (Å²) >= 11 is 0. The van der Waals surface area contributed by atoms with Crippen LogP contribution in [-0.4, -0.2) is 0 Å². The van der Waals surface area contributed by atoms with E-state index in [0.29, 0.717) is 0 Å². The van der Waals surface area contributed by atoms with Gasteiger partial charge in [-0.2, -0.15) is 0 Å². The van der Waals surface area contributed by atoms with Gasteiger partial charge in [0.25, 0.3) is 0 Å². The average Bonchev–Trinajstić information content (AvgIpc) is 1.55. The summed E-state index contributed by atoms with van der Waals surface area (Å²) in [5, 5.41) is 0. The number of nitrogens with zero attached hydrogens (tertiary/aromatic N) is 2. The van der Waals surface area contributed by atoms with Crippen LogP contribution in [0, 0.1) is 0 Å². The fourth-order valence-electron chi connectivity index (χ4n) is 20.9. The molecule has 2 heteroatoms. The molecule has 598 valence electrons. The van der Waals surface area contributed by atoms with Crippen LogP contribution in [0.3, 0.4) is 0 Å². The second-order valence-electron chi connectivity index (χ2n) is 33.9. The Morgan fingerprint density at radius 1 is 0.208 bits per heavy atom. The maximum Gasteiger partial charge on any atom is 0.0714 e. The maximum absolute atomic E-state index is 4.16. The average molecular weight is 1600 g/mol. The summed E-state index contributed by atoms with van der Waals surface area (Å²) in [5.41, 5.74) is 41.1. The Morgan fingerprint density at radius 2 is 0.448 bits per heavy atom. The monoisotopic (exact) mass is 1600 g/mol. The second kappa shape index (κ2) is 32.8. The van der Waals surface area contributed by atoms with Gasteiger partial charge < -0.3 is 9.80 Å². The Hall–Kier alpha value is -15.0. The number of rotatable bonds is 24. The lowest BCUT2D eigenvalue weighted by atomic mass is 9.67. The van der Waals surface area contributed by atoms with Gasteiger partial charge in [0.2, 0.25) is 0 Å². The van der Waals surface area contributed by atoms with E-state index in [4.69, 9.17) is 0 Å². The molecule has 0 fully saturated rings. The van der Waals surface area contributed by atoms with E-state index >= 15 is 0 Å². The molecule has 0 saturated carbocycles. The van der Waals surface area contributed by atoms with Gasteiger partial charge in [-0.15, -0.1) is 0 Å². The quantitative estimate of drug-likeness (QED) is 0.0595. The molecular formula is C123H96N2. The molecule has 21 rings (SSSR count). The van der Waals surface area contributed by atoms with Crippen LogP contribution < -0.4 is 9.80 Å². The van der Waals surface area contributed by atoms with Crippen LogP contribution in [0.15, 0.2) is 450 Å². The number of anilines is 6. The van der Waals surface area contributed by atoms with Crippen LogP contribution in [0.25, 0.3) is 90.0 Å². The van der Waals surface area contributed by atoms with Crippen LogP contribution >= 0.6 is 0 Å². The Balaban J connectivity index is 0.697. The van der Waals surface area contributed by atoms with Crippen molar-refractivity contribution < 1.29 is 0 Å². The minimum absolute atomic E-state index is 0.612. The van der Waals surface area contributed by atoms with E-state index in [-0.39, 0.29) is 0 Å². The lowest BCUT2D eigenvalue weighted by Gasteiger charge is -2.35. The summed E-state index contributed by atoms with van der Waals surface area (Å²) in [7, 11) is 0. The largest absolute Gasteiger partial charge is 0.310 e. The standard InChI is InChI=1S/C123H96N2/c1-5-9-27-87-45-63-101(64-46-87)123(102-65-47-88(48-66-102)28-10-6-2)117-81-95(93-53-71-105(72-54-93)124(103-67-49-91(50-68-103)89-29-15-11-16-30-89)107-75-79-113-109-37-23-25-39-115(109)121(119(113)83-107,97-33-19-13-20-34-97)99-59-41-85(7-3)42-60-99)57-77-111(117)112-78-58-96(82-118(112)123)94-55-73-106(74-56-94)125(104-69-51-92(52-70-104)90-31-17-12-18-32-90)108-76-80-114-110-38-24-26-40-116(110)122(120(114)84-108,98-35-21-14-22-36-98)100-61-43-86(8-4)44-62-100/h7-8,11-26,29-84H,3-6,9-10,27-28H2,1-2H3. The smallest absolute Gasteiger partial charge is 0.0714 e. The number of fused-ring (bicyclic) bond motifs is 9. The Bertz CT molecular complexity index is 6570. The van der Waals surface area contributed by atoms with Crippen LogP contribution in [0.5, 0.6) is 0 Å². The molecule has 0 heterocycles. The maximum atomic E-state index is 4.16. The van der Waals surface area contributed by atoms with E-state index in [1.54, 1.807) is 0 Å². The van der Waals surface area contributed by atoms with Gasteiger partial charge in [-0.1, -0.05) is 404 Å². The minimum Gasteiger partial charge on any atom is -0.310 e. The molecule has 0 N–H and O–H groups in total. The predicted molar refractivity (Wildman–Crippen MR) is 527 cm³/mol. The van der Waals surface area contributed by atoms with Gasteiger partial charge >= 0.3 is 0 Å². The first kappa shape index (κ1) is 77.4. The zero-order valence-electron chi connectivity index (χ0n) is 70.8. The first-order valence-corrected chi connectivity index (χ1v) is 44.4. The number of hydrogen-bond donors (Lipinski definition) is 0. The van der Waals surface area contributed by atoms with E-state index < -0.39 is 16.2 Å². The van der Waals surface area contributed by atoms with E-state index in [1.807, 2.05) is 12.2 Å². The lowest BCUT2D eigenvalue weighted by Crippen LogP contribution is -2.29. The van der Waals surface area contributed by atoms with Crippen molar-refractivity contribution in [1.29, 1.82) is 0 Å². The molecule has 125 heavy (non-hydrogen) atoms. The summed E-state index contributed by atoms with van der Waals surface area (Å²) in [6, 6.07) is 165. The molecule has 2 unspecified atom stereocenters. The van der Waals surface area contributed by atoms with Crippen molar-refractivity contribution in [3.05, 3.63) is 539 Å². The number of benzene rings is 18. The summed E-state index contributed by atoms with van der Waals surface area (Å²) in [6.07, 6.45) is 10.5. The van der Waals surface area contributed by atoms with E-state index in [2.05, 4.69) is 474 Å². The normalized spacial score (nSPS) is 14.7. The summed E-state index contributed by atoms with van der Waals surface area (Å²) in [4.78, 5) is 4.91. The van der Waals surface area contributed by atoms with Crippen molar-refractivity contribution in [3.8, 4) is 77.9 Å². The first-order chi connectivity index (χ1) is 61.8. The predicted octanol–water partition coefficient (Wildman–Crippen LogP) is 32.4. The number of aryl methyl sites for hydroxylation is 2. The van der Waals surface area contributed by atoms with Crippen LogP contribution in [0.4, 0.5) is 34.1 Å². The van der Waals surface area contributed by atoms with Gasteiger partial charge in [-0.25, -0.2) is 0 Å². The molecule has 3 aliphatic carbocycles. The number of hydrogen-bond acceptors (Lipinski definition) is 2. The highest BCUT2D eigenvalue weighted by molar-refractivity contribution is 5.95. The van der Waals surface area contributed by atoms with Gasteiger partial charge in [0, 0.05) is 34.1 Å². The van der Waals surface area contributed by atoms with Crippen molar-refractivity contribution in [2.24, 2.45) is 0 Å². The molecule has 2 nitrogen and oxygen atoms in total. The molecule has 0 aromatic heterocycles. The van der Waals surface area contributed by atoms with Crippen molar-refractivity contribution in [1.82, 2.24) is 0 Å². The Labute approximate surface area is 736 Å². The lowest BCUT2D eigenvalue weighted by molar-refractivity contribution is 0.759. The highest BCUT2D eigenvalue weighted by Gasteiger charge is 2.50. The summed E-state index contributed by atoms with van der Waals surface area (Å²) in [6.45, 7) is 12.9. The summed E-state index contributed by atoms with van der Waals surface area (Å²) < 4.78 is 0. The van der Waals surface area contributed by atoms with Crippen LogP contribution in [0.1, 0.15) is 129 Å². The zero-order valence-corrected chi connectivity index (χ0v) is 70.8. The molecule has 0 radical (unpaired) electrons. The van der Waals surface area contributed by atoms with E-state index in [0.717, 1.165) is 106 Å². The van der Waals surface area contributed by atoms with Gasteiger partial charge in [-0.3, -0.25) is 0 Å². The molecular weight excluding hydrogens is 1510 g/mol. The Kier molecular flexibility index (Phi) is 20.3. The molecule has 3 aliphatic rings. The van der Waals surface area contributed by atoms with E-state index in [1.165, 1.54) is 134 Å². The third-order valence-electron chi connectivity index (χ3n) is 27.1. The third kappa shape index (κ3) is 13.3. The van der Waals surface area contributed by atoms with Crippen LogP contribution in [0.2, 0.25) is 0 Å². The Morgan fingerprint density at radius 3 is 0.776 bits per heavy atom. The highest BCUT2D eigenvalue weighted by Crippen LogP contribution is 2.62. The second-order valence-corrected chi connectivity index (χ2v) is 33.9. The summed E-state index contributed by atoms with van der Waals surface area (Å²) in [5.74, 6) is 0. The van der Waals surface area contributed by atoms with Gasteiger partial charge in [0.1, 0.15) is 0 Å². The van der Waals surface area contributed by atoms with Crippen LogP contribution in [-0.2, 0) is 29.1 Å². The van der Waals surface area contributed by atoms with Gasteiger partial charge in [0.15, 0.2) is 0 Å². The van der Waals surface area contributed by atoms with Gasteiger partial charge in [-0.05, 0) is 278 Å². The highest BCUT2D eigenvalue weighted by atomic mass is 15.1. The molecule has 18 aromatic carbocycles. The molecule has 0 saturated heterocycles. The minimum atomic E-state index is -0.708. The first-order valence-electron chi connectivity index (χ1n) is 44.4. The topological polar surface area (TPSA) is 6.48 Å². The van der Waals surface area contributed by atoms with Crippen molar-refractivity contribution in [2.75, 3.05) is 9.80 Å². The number of unbranched alkanes of at least 4 members (excludes halogenated alkanes) is 2. The molecule has 0 spiro atoms. The zero-order chi connectivity index (χ0) is 84.0. The molecule has 2 atom stereocenters. The molecule has 0 amide bonds. The third-order valence-corrected chi connectivity index (χ3v) is 27.1. The van der Waals surface area contributed by atoms with E-state index in [9.17, 15) is 0 Å². The molecule has 0 aliphatic heterocycles. The molecule has 18 aromatic rings. The SMILES string of the molecule is C=Cc1ccc(C2(c3ccccc3)c3ccccc3-c3ccc(N(c4ccc(-c5ccccc5)cc4)c4ccc(-c5ccc6c(c5)C(c5ccc(CCCC)cc5)(c5ccc(CCCC)cc5)c5cc(-c7ccc(N(c8ccc(-c9ccccc9)cc8)c8ccc9c(c8)C(c8ccccc8)(c8ccc(C=C)cc8)c8ccccc8-9)cc7)ccc5-6)cc4)cc32)cc1. The van der Waals surface area contributed by atoms with Crippen molar-refractivity contribution in [3.63, 3.8) is 0 Å². The fraction of sp³-hybridized carbons (Fsp3) is 0.0894. The van der Waals surface area contributed by atoms with Gasteiger partial charge in [0.05, 0.1) is 16.2 Å².